The average Bonchev–Trinajstić information content (AvgIpc) is 2.04. The van der Waals surface area contributed by atoms with Crippen molar-refractivity contribution >= 4 is 0 Å². The highest BCUT2D eigenvalue weighted by atomic mass is 14.5. The monoisotopic (exact) mass is 134 g/mol. The third kappa shape index (κ3) is 1.36. The van der Waals surface area contributed by atoms with Crippen molar-refractivity contribution in [2.75, 3.05) is 0 Å². The second-order valence-electron chi connectivity index (χ2n) is 2.19. The molecule has 0 aliphatic carbocycles. The summed E-state index contributed by atoms with van der Waals surface area (Å²) in [5.74, 6) is 0. The lowest BCUT2D eigenvalue weighted by molar-refractivity contribution is 1.05. The van der Waals surface area contributed by atoms with Crippen LogP contribution in [0, 0.1) is 6.42 Å². The largest absolute Gasteiger partial charge is 0.326 e. The molecule has 1 heteroatoms. The highest BCUT2D eigenvalue weighted by Gasteiger charge is 1.94. The topological polar surface area (TPSA) is 26.0 Å². The van der Waals surface area contributed by atoms with E-state index in [0.717, 1.165) is 0 Å². The Bertz CT molecular complexity index is 183. The molecule has 1 aromatic rings. The van der Waals surface area contributed by atoms with Crippen molar-refractivity contribution < 1.29 is 0 Å². The quantitative estimate of drug-likeness (QED) is 0.654. The second-order valence-corrected chi connectivity index (χ2v) is 2.19. The van der Waals surface area contributed by atoms with Crippen LogP contribution in [0.15, 0.2) is 24.3 Å². The Morgan fingerprint density at radius 1 is 1.40 bits per heavy atom. The minimum Gasteiger partial charge on any atom is -0.326 e. The van der Waals surface area contributed by atoms with Gasteiger partial charge in [-0.15, -0.1) is 0 Å². The molecule has 0 unspecified atom stereocenters. The van der Waals surface area contributed by atoms with Gasteiger partial charge in [0.1, 0.15) is 0 Å². The molecule has 1 rings (SSSR count). The Hall–Kier alpha value is -0.820. The van der Waals surface area contributed by atoms with Gasteiger partial charge in [-0.1, -0.05) is 31.2 Å². The van der Waals surface area contributed by atoms with Crippen molar-refractivity contribution in [2.45, 2.75) is 13.5 Å². The van der Waals surface area contributed by atoms with Crippen LogP contribution in [0.4, 0.5) is 0 Å². The van der Waals surface area contributed by atoms with E-state index < -0.39 is 0 Å². The van der Waals surface area contributed by atoms with Crippen molar-refractivity contribution in [3.8, 4) is 0 Å². The predicted octanol–water partition coefficient (Wildman–Crippen LogP) is 1.72. The molecule has 0 atom stereocenters. The van der Waals surface area contributed by atoms with Gasteiger partial charge in [0.15, 0.2) is 0 Å². The first kappa shape index (κ1) is 7.29. The molecule has 1 nitrogen and oxygen atoms in total. The molecule has 0 aliphatic rings. The first-order valence-corrected chi connectivity index (χ1v) is 3.46. The van der Waals surface area contributed by atoms with Gasteiger partial charge in [-0.25, -0.2) is 0 Å². The fraction of sp³-hybridized carbons (Fsp3) is 0.222. The molecular weight excluding hydrogens is 122 g/mol. The molecule has 0 fully saturated rings. The van der Waals surface area contributed by atoms with E-state index in [2.05, 4.69) is 18.6 Å². The van der Waals surface area contributed by atoms with Crippen LogP contribution in [-0.4, -0.2) is 0 Å². The predicted molar refractivity (Wildman–Crippen MR) is 43.4 cm³/mol. The Labute approximate surface area is 61.9 Å². The maximum absolute atomic E-state index is 5.51. The summed E-state index contributed by atoms with van der Waals surface area (Å²) in [4.78, 5) is 0. The lowest BCUT2D eigenvalue weighted by Gasteiger charge is -2.02. The Kier molecular flexibility index (Phi) is 2.46. The van der Waals surface area contributed by atoms with Crippen LogP contribution in [0.5, 0.6) is 0 Å². The summed E-state index contributed by atoms with van der Waals surface area (Å²) >= 11 is 0. The molecule has 10 heavy (non-hydrogen) atoms. The molecule has 0 amide bonds. The zero-order valence-corrected chi connectivity index (χ0v) is 6.17. The number of rotatable bonds is 2. The number of nitrogens with two attached hydrogens (primary N) is 1. The van der Waals surface area contributed by atoms with Crippen LogP contribution in [0.2, 0.25) is 0 Å². The SMILES string of the molecule is C[CH]c1ccccc1CN. The van der Waals surface area contributed by atoms with Gasteiger partial charge in [0.05, 0.1) is 0 Å². The van der Waals surface area contributed by atoms with Crippen molar-refractivity contribution in [2.24, 2.45) is 5.73 Å². The van der Waals surface area contributed by atoms with Crippen LogP contribution in [0.1, 0.15) is 18.1 Å². The molecule has 0 aromatic heterocycles. The molecule has 1 radical (unpaired) electrons. The number of hydrogen-bond acceptors (Lipinski definition) is 1. The normalized spacial score (nSPS) is 9.80. The Morgan fingerprint density at radius 2 is 2.10 bits per heavy atom. The van der Waals surface area contributed by atoms with Crippen LogP contribution in [0.3, 0.4) is 0 Å². The molecule has 0 saturated carbocycles. The highest BCUT2D eigenvalue weighted by molar-refractivity contribution is 5.31. The number of benzene rings is 1. The summed E-state index contributed by atoms with van der Waals surface area (Å²) in [6.45, 7) is 2.65. The van der Waals surface area contributed by atoms with E-state index in [1.54, 1.807) is 0 Å². The fourth-order valence-corrected chi connectivity index (χ4v) is 1.00. The van der Waals surface area contributed by atoms with Crippen molar-refractivity contribution in [3.05, 3.63) is 41.8 Å². The van der Waals surface area contributed by atoms with E-state index in [1.165, 1.54) is 11.1 Å². The van der Waals surface area contributed by atoms with E-state index in [0.29, 0.717) is 6.54 Å². The molecule has 53 valence electrons. The van der Waals surface area contributed by atoms with E-state index in [4.69, 9.17) is 5.73 Å². The molecule has 0 bridgehead atoms. The highest BCUT2D eigenvalue weighted by Crippen LogP contribution is 2.08. The Morgan fingerprint density at radius 3 is 2.60 bits per heavy atom. The molecule has 0 aliphatic heterocycles. The zero-order chi connectivity index (χ0) is 7.40. The lowest BCUT2D eigenvalue weighted by atomic mass is 10.1. The fourth-order valence-electron chi connectivity index (χ4n) is 1.00. The summed E-state index contributed by atoms with van der Waals surface area (Å²) in [5.41, 5.74) is 7.96. The maximum Gasteiger partial charge on any atom is 0.0180 e. The smallest absolute Gasteiger partial charge is 0.0180 e. The first-order valence-electron chi connectivity index (χ1n) is 3.46. The van der Waals surface area contributed by atoms with Crippen LogP contribution in [-0.2, 0) is 6.54 Å². The lowest BCUT2D eigenvalue weighted by Crippen LogP contribution is -1.99. The van der Waals surface area contributed by atoms with Crippen molar-refractivity contribution in [3.63, 3.8) is 0 Å². The van der Waals surface area contributed by atoms with Gasteiger partial charge < -0.3 is 5.73 Å². The summed E-state index contributed by atoms with van der Waals surface area (Å²) in [6.07, 6.45) is 2.07. The van der Waals surface area contributed by atoms with E-state index in [1.807, 2.05) is 19.1 Å². The summed E-state index contributed by atoms with van der Waals surface area (Å²) in [6, 6.07) is 8.15. The van der Waals surface area contributed by atoms with E-state index >= 15 is 0 Å². The van der Waals surface area contributed by atoms with Crippen LogP contribution in [0.25, 0.3) is 0 Å². The van der Waals surface area contributed by atoms with Gasteiger partial charge in [-0.05, 0) is 17.5 Å². The third-order valence-electron chi connectivity index (χ3n) is 1.59. The third-order valence-corrected chi connectivity index (χ3v) is 1.59. The minimum absolute atomic E-state index is 0.626. The van der Waals surface area contributed by atoms with Gasteiger partial charge in [0.2, 0.25) is 0 Å². The van der Waals surface area contributed by atoms with Gasteiger partial charge >= 0.3 is 0 Å². The van der Waals surface area contributed by atoms with Gasteiger partial charge in [-0.3, -0.25) is 0 Å². The first-order chi connectivity index (χ1) is 4.88. The summed E-state index contributed by atoms with van der Waals surface area (Å²) in [5, 5.41) is 0. The van der Waals surface area contributed by atoms with Crippen LogP contribution < -0.4 is 5.73 Å². The molecule has 0 heterocycles. The molecule has 0 spiro atoms. The molecule has 0 saturated heterocycles. The zero-order valence-electron chi connectivity index (χ0n) is 6.17. The summed E-state index contributed by atoms with van der Waals surface area (Å²) < 4.78 is 0. The standard InChI is InChI=1S/C9H12N/c1-2-8-5-3-4-6-9(8)7-10/h2-6H,7,10H2,1H3. The van der Waals surface area contributed by atoms with E-state index in [9.17, 15) is 0 Å². The number of hydrogen-bond donors (Lipinski definition) is 1. The van der Waals surface area contributed by atoms with Crippen molar-refractivity contribution in [1.82, 2.24) is 0 Å². The second kappa shape index (κ2) is 3.37. The molecule has 2 N–H and O–H groups in total. The van der Waals surface area contributed by atoms with Crippen LogP contribution >= 0.6 is 0 Å². The maximum atomic E-state index is 5.51. The van der Waals surface area contributed by atoms with Gasteiger partial charge in [0, 0.05) is 6.54 Å². The van der Waals surface area contributed by atoms with Crippen molar-refractivity contribution in [1.29, 1.82) is 0 Å². The minimum atomic E-state index is 0.626. The van der Waals surface area contributed by atoms with Gasteiger partial charge in [-0.2, -0.15) is 0 Å². The molecule has 1 aromatic carbocycles. The van der Waals surface area contributed by atoms with Gasteiger partial charge in [0.25, 0.3) is 0 Å². The Balaban J connectivity index is 2.96. The van der Waals surface area contributed by atoms with E-state index in [-0.39, 0.29) is 0 Å². The molecular formula is C9H12N. The average molecular weight is 134 g/mol. The summed E-state index contributed by atoms with van der Waals surface area (Å²) in [7, 11) is 0.